The Hall–Kier alpha value is -0.660. The van der Waals surface area contributed by atoms with Gasteiger partial charge >= 0.3 is 0 Å². The number of rotatable bonds is 6. The Balaban J connectivity index is 1.68. The minimum atomic E-state index is -3.10. The fourth-order valence-electron chi connectivity index (χ4n) is 3.07. The molecule has 0 aliphatic carbocycles. The molecule has 0 unspecified atom stereocenters. The van der Waals surface area contributed by atoms with Gasteiger partial charge in [-0.1, -0.05) is 0 Å². The summed E-state index contributed by atoms with van der Waals surface area (Å²) in [4.78, 5) is 14.5. The number of likely N-dealkylation sites (tertiary alicyclic amines) is 1. The van der Waals surface area contributed by atoms with Crippen LogP contribution in [0, 0.1) is 5.92 Å². The van der Waals surface area contributed by atoms with Gasteiger partial charge in [0.25, 0.3) is 0 Å². The first kappa shape index (κ1) is 16.7. The third-order valence-corrected chi connectivity index (χ3v) is 6.39. The van der Waals surface area contributed by atoms with Gasteiger partial charge in [-0.3, -0.25) is 4.79 Å². The molecule has 122 valence electrons. The minimum absolute atomic E-state index is 0.0353. The van der Waals surface area contributed by atoms with E-state index in [0.29, 0.717) is 32.5 Å². The molecular weight excluding hydrogens is 290 g/mol. The van der Waals surface area contributed by atoms with Crippen LogP contribution in [-0.2, 0) is 14.8 Å². The molecular formula is C14H27N3O3S. The lowest BCUT2D eigenvalue weighted by Gasteiger charge is -2.30. The lowest BCUT2D eigenvalue weighted by atomic mass is 9.97. The Morgan fingerprint density at radius 3 is 2.33 bits per heavy atom. The largest absolute Gasteiger partial charge is 0.355 e. The van der Waals surface area contributed by atoms with Crippen LogP contribution < -0.4 is 5.32 Å². The van der Waals surface area contributed by atoms with Crippen LogP contribution in [0.4, 0.5) is 0 Å². The molecule has 0 aromatic heterocycles. The Bertz CT molecular complexity index is 438. The van der Waals surface area contributed by atoms with Crippen molar-refractivity contribution in [3.05, 3.63) is 0 Å². The lowest BCUT2D eigenvalue weighted by Crippen LogP contribution is -2.44. The first-order chi connectivity index (χ1) is 10.0. The fraction of sp³-hybridized carbons (Fsp3) is 0.929. The molecule has 2 fully saturated rings. The molecule has 2 aliphatic rings. The van der Waals surface area contributed by atoms with E-state index in [9.17, 15) is 13.2 Å². The second-order valence-electron chi connectivity index (χ2n) is 5.91. The highest BCUT2D eigenvalue weighted by atomic mass is 32.2. The van der Waals surface area contributed by atoms with Gasteiger partial charge in [0, 0.05) is 32.1 Å². The minimum Gasteiger partial charge on any atom is -0.355 e. The van der Waals surface area contributed by atoms with Crippen molar-refractivity contribution in [1.29, 1.82) is 0 Å². The van der Waals surface area contributed by atoms with Crippen molar-refractivity contribution >= 4 is 15.9 Å². The zero-order valence-corrected chi connectivity index (χ0v) is 13.7. The van der Waals surface area contributed by atoms with Gasteiger partial charge in [-0.05, 0) is 45.7 Å². The molecule has 0 saturated carbocycles. The zero-order valence-electron chi connectivity index (χ0n) is 12.9. The summed E-state index contributed by atoms with van der Waals surface area (Å²) >= 11 is 0. The summed E-state index contributed by atoms with van der Waals surface area (Å²) in [5.41, 5.74) is 0. The SMILES string of the molecule is CCS(=O)(=O)N1CCC(C(=O)NCCN2CCCC2)CC1. The average Bonchev–Trinajstić information content (AvgIpc) is 3.00. The molecule has 0 radical (unpaired) electrons. The molecule has 0 aromatic rings. The number of hydrogen-bond acceptors (Lipinski definition) is 4. The molecule has 6 nitrogen and oxygen atoms in total. The van der Waals surface area contributed by atoms with Crippen LogP contribution in [0.5, 0.6) is 0 Å². The van der Waals surface area contributed by atoms with Gasteiger partial charge in [0.15, 0.2) is 0 Å². The number of carbonyl (C=O) groups excluding carboxylic acids is 1. The monoisotopic (exact) mass is 317 g/mol. The highest BCUT2D eigenvalue weighted by Gasteiger charge is 2.29. The molecule has 1 amide bonds. The predicted molar refractivity (Wildman–Crippen MR) is 82.4 cm³/mol. The maximum Gasteiger partial charge on any atom is 0.223 e. The average molecular weight is 317 g/mol. The van der Waals surface area contributed by atoms with Crippen molar-refractivity contribution in [1.82, 2.24) is 14.5 Å². The fourth-order valence-corrected chi connectivity index (χ4v) is 4.20. The van der Waals surface area contributed by atoms with Gasteiger partial charge in [-0.25, -0.2) is 12.7 Å². The quantitative estimate of drug-likeness (QED) is 0.763. The first-order valence-electron chi connectivity index (χ1n) is 8.01. The van der Waals surface area contributed by atoms with E-state index in [2.05, 4.69) is 10.2 Å². The molecule has 2 saturated heterocycles. The Kier molecular flexibility index (Phi) is 6.01. The van der Waals surface area contributed by atoms with Crippen LogP contribution in [0.3, 0.4) is 0 Å². The van der Waals surface area contributed by atoms with Crippen molar-refractivity contribution in [3.8, 4) is 0 Å². The Labute approximate surface area is 127 Å². The molecule has 21 heavy (non-hydrogen) atoms. The van der Waals surface area contributed by atoms with E-state index in [0.717, 1.165) is 19.6 Å². The van der Waals surface area contributed by atoms with Crippen LogP contribution in [0.15, 0.2) is 0 Å². The third kappa shape index (κ3) is 4.66. The summed E-state index contributed by atoms with van der Waals surface area (Å²) in [6.45, 7) is 6.51. The number of sulfonamides is 1. The van der Waals surface area contributed by atoms with E-state index in [-0.39, 0.29) is 17.6 Å². The molecule has 7 heteroatoms. The number of hydrogen-bond donors (Lipinski definition) is 1. The van der Waals surface area contributed by atoms with Crippen molar-refractivity contribution in [2.24, 2.45) is 5.92 Å². The number of piperidine rings is 1. The molecule has 2 aliphatic heterocycles. The van der Waals surface area contributed by atoms with Gasteiger partial charge in [0.05, 0.1) is 5.75 Å². The summed E-state index contributed by atoms with van der Waals surface area (Å²) < 4.78 is 25.1. The van der Waals surface area contributed by atoms with E-state index in [1.54, 1.807) is 6.92 Å². The van der Waals surface area contributed by atoms with E-state index in [4.69, 9.17) is 0 Å². The van der Waals surface area contributed by atoms with E-state index in [1.807, 2.05) is 0 Å². The highest BCUT2D eigenvalue weighted by Crippen LogP contribution is 2.19. The van der Waals surface area contributed by atoms with Gasteiger partial charge in [-0.2, -0.15) is 0 Å². The number of nitrogens with zero attached hydrogens (tertiary/aromatic N) is 2. The molecule has 2 heterocycles. The van der Waals surface area contributed by atoms with Crippen molar-refractivity contribution < 1.29 is 13.2 Å². The maximum absolute atomic E-state index is 12.1. The topological polar surface area (TPSA) is 69.7 Å². The molecule has 1 N–H and O–H groups in total. The third-order valence-electron chi connectivity index (χ3n) is 4.51. The summed E-state index contributed by atoms with van der Waals surface area (Å²) in [6.07, 6.45) is 3.79. The van der Waals surface area contributed by atoms with Crippen LogP contribution in [0.2, 0.25) is 0 Å². The van der Waals surface area contributed by atoms with Crippen LogP contribution in [0.1, 0.15) is 32.6 Å². The summed E-state index contributed by atoms with van der Waals surface area (Å²) in [5.74, 6) is 0.189. The van der Waals surface area contributed by atoms with Crippen molar-refractivity contribution in [2.75, 3.05) is 45.0 Å². The molecule has 0 bridgehead atoms. The van der Waals surface area contributed by atoms with Gasteiger partial charge in [0.1, 0.15) is 0 Å². The number of nitrogens with one attached hydrogen (secondary N) is 1. The van der Waals surface area contributed by atoms with Crippen LogP contribution >= 0.6 is 0 Å². The highest BCUT2D eigenvalue weighted by molar-refractivity contribution is 7.89. The van der Waals surface area contributed by atoms with Gasteiger partial charge < -0.3 is 10.2 Å². The van der Waals surface area contributed by atoms with E-state index >= 15 is 0 Å². The number of amides is 1. The normalized spacial score (nSPS) is 22.5. The van der Waals surface area contributed by atoms with Crippen molar-refractivity contribution in [2.45, 2.75) is 32.6 Å². The van der Waals surface area contributed by atoms with Crippen LogP contribution in [0.25, 0.3) is 0 Å². The molecule has 0 spiro atoms. The summed E-state index contributed by atoms with van der Waals surface area (Å²) in [5, 5.41) is 3.00. The van der Waals surface area contributed by atoms with E-state index < -0.39 is 10.0 Å². The molecule has 0 aromatic carbocycles. The van der Waals surface area contributed by atoms with Crippen molar-refractivity contribution in [3.63, 3.8) is 0 Å². The van der Waals surface area contributed by atoms with E-state index in [1.165, 1.54) is 17.1 Å². The standard InChI is InChI=1S/C14H27N3O3S/c1-2-21(19,20)17-10-5-13(6-11-17)14(18)15-7-12-16-8-3-4-9-16/h13H,2-12H2,1H3,(H,15,18). The lowest BCUT2D eigenvalue weighted by molar-refractivity contribution is -0.126. The summed E-state index contributed by atoms with van der Waals surface area (Å²) in [6, 6.07) is 0. The Morgan fingerprint density at radius 1 is 1.14 bits per heavy atom. The van der Waals surface area contributed by atoms with Gasteiger partial charge in [-0.15, -0.1) is 0 Å². The second-order valence-corrected chi connectivity index (χ2v) is 8.17. The second kappa shape index (κ2) is 7.56. The van der Waals surface area contributed by atoms with Gasteiger partial charge in [0.2, 0.25) is 15.9 Å². The zero-order chi connectivity index (χ0) is 15.3. The maximum atomic E-state index is 12.1. The van der Waals surface area contributed by atoms with Crippen LogP contribution in [-0.4, -0.2) is 68.6 Å². The summed E-state index contributed by atoms with van der Waals surface area (Å²) in [7, 11) is -3.10. The molecule has 2 rings (SSSR count). The predicted octanol–water partition coefficient (Wildman–Crippen LogP) is 0.260. The molecule has 0 atom stereocenters. The number of carbonyl (C=O) groups is 1. The smallest absolute Gasteiger partial charge is 0.223 e. The Morgan fingerprint density at radius 2 is 1.76 bits per heavy atom. The first-order valence-corrected chi connectivity index (χ1v) is 9.61.